The van der Waals surface area contributed by atoms with Gasteiger partial charge >= 0.3 is 0 Å². The number of piperidine rings is 1. The highest BCUT2D eigenvalue weighted by Crippen LogP contribution is 2.34. The van der Waals surface area contributed by atoms with Crippen LogP contribution < -0.4 is 10.9 Å². The van der Waals surface area contributed by atoms with E-state index >= 15 is 0 Å². The van der Waals surface area contributed by atoms with Gasteiger partial charge in [-0.05, 0) is 62.3 Å². The number of nitrogens with one attached hydrogen (secondary N) is 2. The number of hydrazine groups is 1. The number of rotatable bonds is 7. The first-order valence-electron chi connectivity index (χ1n) is 10.1. The van der Waals surface area contributed by atoms with Crippen LogP contribution in [0.4, 0.5) is 0 Å². The molecule has 3 N–H and O–H groups in total. The summed E-state index contributed by atoms with van der Waals surface area (Å²) in [6.45, 7) is 7.95. The lowest BCUT2D eigenvalue weighted by Gasteiger charge is -2.43. The van der Waals surface area contributed by atoms with Gasteiger partial charge in [-0.3, -0.25) is 10.9 Å². The second-order valence-corrected chi connectivity index (χ2v) is 9.29. The summed E-state index contributed by atoms with van der Waals surface area (Å²) in [6, 6.07) is 9.17. The van der Waals surface area contributed by atoms with Gasteiger partial charge in [-0.2, -0.15) is 0 Å². The molecule has 2 heterocycles. The van der Waals surface area contributed by atoms with Gasteiger partial charge in [0.2, 0.25) is 0 Å². The van der Waals surface area contributed by atoms with Gasteiger partial charge in [0, 0.05) is 35.6 Å². The molecule has 26 heavy (non-hydrogen) atoms. The normalized spacial score (nSPS) is 30.2. The average Bonchev–Trinajstić information content (AvgIpc) is 3.01. The van der Waals surface area contributed by atoms with E-state index in [2.05, 4.69) is 35.7 Å². The summed E-state index contributed by atoms with van der Waals surface area (Å²) in [5.74, 6) is 0.725. The number of hydrogen-bond acceptors (Lipinski definition) is 4. The summed E-state index contributed by atoms with van der Waals surface area (Å²) in [7, 11) is 0. The highest BCUT2D eigenvalue weighted by atomic mass is 35.5. The van der Waals surface area contributed by atoms with E-state index < -0.39 is 0 Å². The Kier molecular flexibility index (Phi) is 6.98. The lowest BCUT2D eigenvalue weighted by atomic mass is 9.75. The zero-order valence-corrected chi connectivity index (χ0v) is 16.9. The molecule has 1 aromatic rings. The fraction of sp³-hybridized carbons (Fsp3) is 0.714. The van der Waals surface area contributed by atoms with E-state index in [1.165, 1.54) is 18.4 Å². The topological polar surface area (TPSA) is 47.5 Å². The predicted octanol–water partition coefficient (Wildman–Crippen LogP) is 3.24. The van der Waals surface area contributed by atoms with Crippen molar-refractivity contribution in [3.63, 3.8) is 0 Å². The quantitative estimate of drug-likeness (QED) is 0.680. The fourth-order valence-electron chi connectivity index (χ4n) is 4.73. The smallest absolute Gasteiger partial charge is 0.0502 e. The van der Waals surface area contributed by atoms with Crippen molar-refractivity contribution < 1.29 is 5.11 Å². The molecule has 0 bridgehead atoms. The standard InChI is InChI=1S/C21H34ClN3O/c1-16(2)9-19-11-20(24-23-19)13-25-8-4-7-21(14-25,15-26)12-17-5-3-6-18(22)10-17/h3,5-6,10,16,19-20,23-24,26H,4,7-9,11-15H2,1-2H3. The number of nitrogens with zero attached hydrogens (tertiary/aromatic N) is 1. The summed E-state index contributed by atoms with van der Waals surface area (Å²) < 4.78 is 0. The van der Waals surface area contributed by atoms with Crippen molar-refractivity contribution in [2.24, 2.45) is 11.3 Å². The maximum absolute atomic E-state index is 10.2. The van der Waals surface area contributed by atoms with Crippen LogP contribution in [-0.2, 0) is 6.42 Å². The molecule has 2 fully saturated rings. The van der Waals surface area contributed by atoms with E-state index in [1.807, 2.05) is 18.2 Å². The molecule has 2 aliphatic heterocycles. The van der Waals surface area contributed by atoms with Crippen LogP contribution in [0.2, 0.25) is 5.02 Å². The zero-order chi connectivity index (χ0) is 18.6. The van der Waals surface area contributed by atoms with Crippen molar-refractivity contribution in [1.29, 1.82) is 0 Å². The van der Waals surface area contributed by atoms with Crippen molar-refractivity contribution in [1.82, 2.24) is 15.8 Å². The van der Waals surface area contributed by atoms with Crippen LogP contribution in [0.5, 0.6) is 0 Å². The van der Waals surface area contributed by atoms with E-state index in [0.29, 0.717) is 12.1 Å². The van der Waals surface area contributed by atoms with Crippen LogP contribution >= 0.6 is 11.6 Å². The van der Waals surface area contributed by atoms with Gasteiger partial charge in [0.05, 0.1) is 6.61 Å². The Balaban J connectivity index is 1.57. The second kappa shape index (κ2) is 9.03. The minimum atomic E-state index is -0.0493. The lowest BCUT2D eigenvalue weighted by molar-refractivity contribution is 0.0289. The van der Waals surface area contributed by atoms with Gasteiger partial charge in [0.25, 0.3) is 0 Å². The molecular formula is C21H34ClN3O. The average molecular weight is 380 g/mol. The van der Waals surface area contributed by atoms with Crippen molar-refractivity contribution in [3.05, 3.63) is 34.9 Å². The number of halogens is 1. The molecule has 146 valence electrons. The molecule has 2 aliphatic rings. The summed E-state index contributed by atoms with van der Waals surface area (Å²) in [5, 5.41) is 11.0. The van der Waals surface area contributed by atoms with Crippen LogP contribution in [-0.4, -0.2) is 48.3 Å². The Morgan fingerprint density at radius 2 is 2.12 bits per heavy atom. The van der Waals surface area contributed by atoms with Crippen LogP contribution in [0.1, 0.15) is 45.1 Å². The fourth-order valence-corrected chi connectivity index (χ4v) is 4.94. The van der Waals surface area contributed by atoms with Crippen molar-refractivity contribution in [2.75, 3.05) is 26.2 Å². The molecule has 3 atom stereocenters. The van der Waals surface area contributed by atoms with Gasteiger partial charge in [0.15, 0.2) is 0 Å². The molecule has 0 aromatic heterocycles. The Morgan fingerprint density at radius 1 is 1.31 bits per heavy atom. The van der Waals surface area contributed by atoms with Gasteiger partial charge in [-0.25, -0.2) is 0 Å². The van der Waals surface area contributed by atoms with E-state index in [9.17, 15) is 5.11 Å². The molecule has 2 saturated heterocycles. The first-order valence-corrected chi connectivity index (χ1v) is 10.4. The molecule has 0 amide bonds. The van der Waals surface area contributed by atoms with Gasteiger partial charge < -0.3 is 10.0 Å². The largest absolute Gasteiger partial charge is 0.396 e. The van der Waals surface area contributed by atoms with E-state index in [1.54, 1.807) is 0 Å². The highest BCUT2D eigenvalue weighted by Gasteiger charge is 2.36. The van der Waals surface area contributed by atoms with Crippen LogP contribution in [0.15, 0.2) is 24.3 Å². The third kappa shape index (κ3) is 5.43. The maximum Gasteiger partial charge on any atom is 0.0502 e. The first kappa shape index (κ1) is 20.1. The van der Waals surface area contributed by atoms with Crippen molar-refractivity contribution in [2.45, 2.75) is 58.0 Å². The highest BCUT2D eigenvalue weighted by molar-refractivity contribution is 6.30. The van der Waals surface area contributed by atoms with Gasteiger partial charge in [-0.15, -0.1) is 0 Å². The lowest BCUT2D eigenvalue weighted by Crippen LogP contribution is -2.50. The molecule has 0 saturated carbocycles. The molecule has 4 nitrogen and oxygen atoms in total. The minimum absolute atomic E-state index is 0.0493. The molecule has 0 radical (unpaired) electrons. The third-order valence-electron chi connectivity index (χ3n) is 5.84. The number of aliphatic hydroxyl groups is 1. The van der Waals surface area contributed by atoms with Crippen molar-refractivity contribution >= 4 is 11.6 Å². The Hall–Kier alpha value is -0.650. The van der Waals surface area contributed by atoms with Crippen molar-refractivity contribution in [3.8, 4) is 0 Å². The Labute approximate surface area is 163 Å². The van der Waals surface area contributed by atoms with Crippen LogP contribution in [0.25, 0.3) is 0 Å². The third-order valence-corrected chi connectivity index (χ3v) is 6.07. The molecule has 3 rings (SSSR count). The Bertz CT molecular complexity index is 582. The maximum atomic E-state index is 10.2. The summed E-state index contributed by atoms with van der Waals surface area (Å²) in [5.41, 5.74) is 8.14. The predicted molar refractivity (Wildman–Crippen MR) is 108 cm³/mol. The zero-order valence-electron chi connectivity index (χ0n) is 16.2. The molecule has 0 aliphatic carbocycles. The van der Waals surface area contributed by atoms with Gasteiger partial charge in [0.1, 0.15) is 0 Å². The Morgan fingerprint density at radius 3 is 2.85 bits per heavy atom. The molecule has 5 heteroatoms. The number of likely N-dealkylation sites (tertiary alicyclic amines) is 1. The van der Waals surface area contributed by atoms with E-state index in [0.717, 1.165) is 49.8 Å². The molecule has 0 spiro atoms. The monoisotopic (exact) mass is 379 g/mol. The molecular weight excluding hydrogens is 346 g/mol. The van der Waals surface area contributed by atoms with Crippen LogP contribution in [0, 0.1) is 11.3 Å². The summed E-state index contributed by atoms with van der Waals surface area (Å²) in [4.78, 5) is 2.54. The van der Waals surface area contributed by atoms with E-state index in [-0.39, 0.29) is 12.0 Å². The number of aliphatic hydroxyl groups excluding tert-OH is 1. The van der Waals surface area contributed by atoms with E-state index in [4.69, 9.17) is 11.6 Å². The van der Waals surface area contributed by atoms with Crippen LogP contribution in [0.3, 0.4) is 0 Å². The SMILES string of the molecule is CC(C)CC1CC(CN2CCCC(CO)(Cc3cccc(Cl)c3)C2)NN1. The second-order valence-electron chi connectivity index (χ2n) is 8.85. The minimum Gasteiger partial charge on any atom is -0.396 e. The summed E-state index contributed by atoms with van der Waals surface area (Å²) in [6.07, 6.45) is 5.54. The number of benzene rings is 1. The number of hydrogen-bond donors (Lipinski definition) is 3. The molecule has 3 unspecified atom stereocenters. The molecule has 1 aromatic carbocycles. The van der Waals surface area contributed by atoms with Gasteiger partial charge in [-0.1, -0.05) is 37.6 Å². The summed E-state index contributed by atoms with van der Waals surface area (Å²) >= 11 is 6.15. The first-order chi connectivity index (χ1) is 12.5.